The first-order valence-corrected chi connectivity index (χ1v) is 17.2. The first kappa shape index (κ1) is 35.3. The minimum Gasteiger partial charge on any atom is -0.396 e. The van der Waals surface area contributed by atoms with Crippen LogP contribution >= 0.6 is 0 Å². The summed E-state index contributed by atoms with van der Waals surface area (Å²) >= 11 is 0. The van der Waals surface area contributed by atoms with Crippen molar-refractivity contribution in [2.24, 2.45) is 5.41 Å². The third-order valence-electron chi connectivity index (χ3n) is 9.25. The minimum absolute atomic E-state index is 0.0393. The van der Waals surface area contributed by atoms with Crippen molar-refractivity contribution in [2.75, 3.05) is 39.6 Å². The molecule has 2 N–H and O–H groups in total. The second kappa shape index (κ2) is 16.9. The van der Waals surface area contributed by atoms with Crippen molar-refractivity contribution in [1.29, 1.82) is 0 Å². The van der Waals surface area contributed by atoms with Crippen LogP contribution in [0.4, 0.5) is 0 Å². The first-order valence-electron chi connectivity index (χ1n) is 17.2. The molecule has 45 heavy (non-hydrogen) atoms. The Hall–Kier alpha value is -2.54. The van der Waals surface area contributed by atoms with Crippen LogP contribution in [-0.4, -0.2) is 55.6 Å². The lowest BCUT2D eigenvalue weighted by Gasteiger charge is -2.42. The van der Waals surface area contributed by atoms with Crippen molar-refractivity contribution in [3.05, 3.63) is 82.4 Å². The minimum atomic E-state index is -0.629. The molecule has 1 heterocycles. The molecule has 1 aliphatic rings. The molecule has 0 spiro atoms. The molecule has 3 aromatic carbocycles. The molecule has 0 aromatic heterocycles. The lowest BCUT2D eigenvalue weighted by molar-refractivity contribution is -0.296. The van der Waals surface area contributed by atoms with E-state index in [2.05, 4.69) is 75.4 Å². The van der Waals surface area contributed by atoms with E-state index in [1.54, 1.807) is 0 Å². The fourth-order valence-electron chi connectivity index (χ4n) is 6.22. The average Bonchev–Trinajstić information content (AvgIpc) is 3.06. The maximum Gasteiger partial charge on any atom is 0.162 e. The summed E-state index contributed by atoms with van der Waals surface area (Å²) in [5, 5.41) is 19.8. The summed E-state index contributed by atoms with van der Waals surface area (Å²) in [5.41, 5.74) is 11.2. The molecule has 0 amide bonds. The summed E-state index contributed by atoms with van der Waals surface area (Å²) in [5.74, 6) is -0.629. The molecule has 1 aliphatic heterocycles. The van der Waals surface area contributed by atoms with Gasteiger partial charge in [-0.2, -0.15) is 0 Å². The fraction of sp³-hybridized carbons (Fsp3) is 0.550. The van der Waals surface area contributed by atoms with Gasteiger partial charge in [-0.1, -0.05) is 88.2 Å². The monoisotopic (exact) mass is 616 g/mol. The van der Waals surface area contributed by atoms with Gasteiger partial charge in [-0.3, -0.25) is 0 Å². The normalized spacial score (nSPS) is 15.8. The topological polar surface area (TPSA) is 68.2 Å². The van der Waals surface area contributed by atoms with E-state index in [0.29, 0.717) is 26.4 Å². The number of aryl methyl sites for hydroxylation is 4. The van der Waals surface area contributed by atoms with Gasteiger partial charge >= 0.3 is 0 Å². The number of unbranched alkanes of at least 4 members (excludes halogenated alkanes) is 2. The van der Waals surface area contributed by atoms with Gasteiger partial charge in [0.2, 0.25) is 0 Å². The predicted octanol–water partition coefficient (Wildman–Crippen LogP) is 8.12. The van der Waals surface area contributed by atoms with Crippen LogP contribution in [0, 0.1) is 5.41 Å². The number of ether oxygens (including phenoxy) is 3. The van der Waals surface area contributed by atoms with Gasteiger partial charge in [-0.15, -0.1) is 0 Å². The zero-order valence-electron chi connectivity index (χ0n) is 28.4. The highest BCUT2D eigenvalue weighted by atomic mass is 16.7. The lowest BCUT2D eigenvalue weighted by Crippen LogP contribution is -2.50. The predicted molar refractivity (Wildman–Crippen MR) is 185 cm³/mol. The van der Waals surface area contributed by atoms with E-state index < -0.39 is 11.2 Å². The first-order chi connectivity index (χ1) is 21.8. The van der Waals surface area contributed by atoms with Gasteiger partial charge in [0, 0.05) is 6.61 Å². The van der Waals surface area contributed by atoms with Gasteiger partial charge in [-0.05, 0) is 109 Å². The Morgan fingerprint density at radius 2 is 1.36 bits per heavy atom. The van der Waals surface area contributed by atoms with Crippen molar-refractivity contribution in [1.82, 2.24) is 0 Å². The SMILES string of the molecule is CCCCCc1ccc(-c2ccc(-c3cc(CCCO)c(CCOCC4(CO)COC(C)(C)OC4)cc3CC)c(CC)c2)cc1. The van der Waals surface area contributed by atoms with E-state index in [-0.39, 0.29) is 13.2 Å². The molecule has 4 rings (SSSR count). The second-order valence-corrected chi connectivity index (χ2v) is 13.3. The Kier molecular flexibility index (Phi) is 13.2. The van der Waals surface area contributed by atoms with Crippen LogP contribution in [0.25, 0.3) is 22.3 Å². The zero-order valence-corrected chi connectivity index (χ0v) is 28.4. The molecule has 5 heteroatoms. The van der Waals surface area contributed by atoms with E-state index >= 15 is 0 Å². The maximum atomic E-state index is 10.1. The number of aliphatic hydroxyl groups is 2. The average molecular weight is 617 g/mol. The summed E-state index contributed by atoms with van der Waals surface area (Å²) < 4.78 is 17.8. The van der Waals surface area contributed by atoms with Crippen LogP contribution in [-0.2, 0) is 46.3 Å². The summed E-state index contributed by atoms with van der Waals surface area (Å²) in [6, 6.07) is 20.8. The van der Waals surface area contributed by atoms with Crippen LogP contribution in [0.2, 0.25) is 0 Å². The van der Waals surface area contributed by atoms with Crippen LogP contribution in [0.1, 0.15) is 88.1 Å². The number of aliphatic hydroxyl groups excluding tert-OH is 2. The maximum absolute atomic E-state index is 10.1. The zero-order chi connectivity index (χ0) is 32.3. The molecule has 1 saturated heterocycles. The van der Waals surface area contributed by atoms with Gasteiger partial charge in [0.25, 0.3) is 0 Å². The van der Waals surface area contributed by atoms with Gasteiger partial charge in [0.05, 0.1) is 38.4 Å². The van der Waals surface area contributed by atoms with Crippen LogP contribution in [0.5, 0.6) is 0 Å². The van der Waals surface area contributed by atoms with Crippen LogP contribution in [0.3, 0.4) is 0 Å². The molecule has 0 saturated carbocycles. The molecule has 5 nitrogen and oxygen atoms in total. The molecular weight excluding hydrogens is 560 g/mol. The van der Waals surface area contributed by atoms with Crippen molar-refractivity contribution < 1.29 is 24.4 Å². The summed E-state index contributed by atoms with van der Waals surface area (Å²) in [6.07, 6.45) is 9.16. The van der Waals surface area contributed by atoms with Crippen molar-refractivity contribution in [2.45, 2.75) is 98.2 Å². The molecule has 0 bridgehead atoms. The Morgan fingerprint density at radius 3 is 2.00 bits per heavy atom. The van der Waals surface area contributed by atoms with Crippen LogP contribution in [0.15, 0.2) is 54.6 Å². The highest BCUT2D eigenvalue weighted by Gasteiger charge is 2.40. The van der Waals surface area contributed by atoms with E-state index in [4.69, 9.17) is 14.2 Å². The fourth-order valence-corrected chi connectivity index (χ4v) is 6.22. The van der Waals surface area contributed by atoms with Crippen molar-refractivity contribution in [3.8, 4) is 22.3 Å². The lowest BCUT2D eigenvalue weighted by atomic mass is 9.86. The molecule has 0 aliphatic carbocycles. The van der Waals surface area contributed by atoms with Crippen molar-refractivity contribution in [3.63, 3.8) is 0 Å². The summed E-state index contributed by atoms with van der Waals surface area (Å²) in [4.78, 5) is 0. The Balaban J connectivity index is 1.53. The van der Waals surface area contributed by atoms with Gasteiger partial charge < -0.3 is 24.4 Å². The highest BCUT2D eigenvalue weighted by Crippen LogP contribution is 2.35. The largest absolute Gasteiger partial charge is 0.396 e. The molecule has 246 valence electrons. The molecule has 3 aromatic rings. The Morgan fingerprint density at radius 1 is 0.689 bits per heavy atom. The van der Waals surface area contributed by atoms with Gasteiger partial charge in [-0.25, -0.2) is 0 Å². The summed E-state index contributed by atoms with van der Waals surface area (Å²) in [6.45, 7) is 12.4. The number of rotatable bonds is 17. The molecular formula is C40H56O5. The van der Waals surface area contributed by atoms with Crippen LogP contribution < -0.4 is 0 Å². The molecule has 1 fully saturated rings. The number of benzene rings is 3. The highest BCUT2D eigenvalue weighted by molar-refractivity contribution is 5.76. The third-order valence-corrected chi connectivity index (χ3v) is 9.25. The number of hydrogen-bond acceptors (Lipinski definition) is 5. The molecule has 0 unspecified atom stereocenters. The smallest absolute Gasteiger partial charge is 0.162 e. The Bertz CT molecular complexity index is 1330. The third kappa shape index (κ3) is 9.49. The summed E-state index contributed by atoms with van der Waals surface area (Å²) in [7, 11) is 0. The number of hydrogen-bond donors (Lipinski definition) is 2. The molecule has 0 atom stereocenters. The second-order valence-electron chi connectivity index (χ2n) is 13.3. The van der Waals surface area contributed by atoms with E-state index in [1.165, 1.54) is 69.3 Å². The van der Waals surface area contributed by atoms with E-state index in [1.807, 2.05) is 13.8 Å². The quantitative estimate of drug-likeness (QED) is 0.150. The Labute approximate surface area is 271 Å². The molecule has 0 radical (unpaired) electrons. The van der Waals surface area contributed by atoms with E-state index in [9.17, 15) is 10.2 Å². The van der Waals surface area contributed by atoms with E-state index in [0.717, 1.165) is 38.5 Å². The van der Waals surface area contributed by atoms with Gasteiger partial charge in [0.1, 0.15) is 0 Å². The standard InChI is InChI=1S/C40H56O5/c1-6-9-10-12-30-14-16-33(17-15-30)35-18-19-37(31(7-2)23-35)38-25-34(13-11-21-41)36(24-32(38)8-3)20-22-43-27-40(26-42)28-44-39(4,5)45-29-40/h14-19,23-25,41-42H,6-13,20-22,26-29H2,1-5H3. The van der Waals surface area contributed by atoms with Crippen molar-refractivity contribution >= 4 is 0 Å². The van der Waals surface area contributed by atoms with Gasteiger partial charge in [0.15, 0.2) is 5.79 Å².